The molecule has 0 nitrogen and oxygen atoms in total. The van der Waals surface area contributed by atoms with E-state index in [9.17, 15) is 0 Å². The first-order chi connectivity index (χ1) is 30.2. The maximum absolute atomic E-state index is 2.35. The Balaban J connectivity index is 4.94. The first-order valence-corrected chi connectivity index (χ1v) is 31.8. The Kier molecular flexibility index (Phi) is 53.4. The van der Waals surface area contributed by atoms with Crippen molar-refractivity contribution in [2.75, 3.05) is 18.5 Å². The predicted molar refractivity (Wildman–Crippen MR) is 288 cm³/mol. The lowest BCUT2D eigenvalue weighted by Crippen LogP contribution is -2.21. The minimum Gasteiger partial charge on any atom is -0.107 e. The van der Waals surface area contributed by atoms with Crippen LogP contribution in [0.3, 0.4) is 0 Å². The summed E-state index contributed by atoms with van der Waals surface area (Å²) in [5, 5.41) is 0. The normalized spacial score (nSPS) is 12.1. The molecule has 0 bridgehead atoms. The fraction of sp³-hybridized carbons (Fsp3) is 1.00. The molecule has 1 heteroatoms. The van der Waals surface area contributed by atoms with E-state index in [0.29, 0.717) is 13.3 Å². The van der Waals surface area contributed by atoms with Gasteiger partial charge in [-0.25, -0.2) is 0 Å². The van der Waals surface area contributed by atoms with Gasteiger partial charge in [0.2, 0.25) is 0 Å². The zero-order valence-electron chi connectivity index (χ0n) is 44.1. The molecule has 0 aromatic heterocycles. The average Bonchev–Trinajstić information content (AvgIpc) is 3.27. The Morgan fingerprint density at radius 1 is 0.180 bits per heavy atom. The summed E-state index contributed by atoms with van der Waals surface area (Å²) in [6, 6.07) is 0. The summed E-state index contributed by atoms with van der Waals surface area (Å²) in [7, 11) is 0.300. The smallest absolute Gasteiger partial charge is 0.0297 e. The van der Waals surface area contributed by atoms with Crippen molar-refractivity contribution >= 4 is 7.92 Å². The van der Waals surface area contributed by atoms with Crippen LogP contribution in [0.15, 0.2) is 0 Å². The van der Waals surface area contributed by atoms with Crippen molar-refractivity contribution in [2.24, 2.45) is 5.41 Å². The predicted octanol–water partition coefficient (Wildman–Crippen LogP) is 23.4. The molecule has 0 aromatic carbocycles. The highest BCUT2D eigenvalue weighted by Gasteiger charge is 2.28. The molecule has 0 spiro atoms. The Bertz CT molecular complexity index is 688. The van der Waals surface area contributed by atoms with Gasteiger partial charge in [0.05, 0.1) is 0 Å². The van der Waals surface area contributed by atoms with Crippen LogP contribution in [0.1, 0.15) is 362 Å². The van der Waals surface area contributed by atoms with Gasteiger partial charge in [-0.3, -0.25) is 0 Å². The quantitative estimate of drug-likeness (QED) is 0.0422. The molecule has 0 heterocycles. The van der Waals surface area contributed by atoms with Crippen LogP contribution in [0.2, 0.25) is 0 Å². The van der Waals surface area contributed by atoms with E-state index >= 15 is 0 Å². The zero-order chi connectivity index (χ0) is 44.3. The second kappa shape index (κ2) is 53.0. The second-order valence-electron chi connectivity index (χ2n) is 21.2. The van der Waals surface area contributed by atoms with Crippen LogP contribution < -0.4 is 0 Å². The molecule has 0 saturated heterocycles. The van der Waals surface area contributed by atoms with E-state index in [1.807, 2.05) is 0 Å². The molecule has 0 aliphatic heterocycles. The van der Waals surface area contributed by atoms with Crippen LogP contribution in [-0.2, 0) is 0 Å². The van der Waals surface area contributed by atoms with Crippen LogP contribution in [0, 0.1) is 5.41 Å². The summed E-state index contributed by atoms with van der Waals surface area (Å²) in [6.45, 7) is 11.7. The number of hydrogen-bond acceptors (Lipinski definition) is 0. The fourth-order valence-electron chi connectivity index (χ4n) is 10.6. The number of hydrogen-bond donors (Lipinski definition) is 0. The maximum Gasteiger partial charge on any atom is -0.0297 e. The third kappa shape index (κ3) is 46.8. The van der Waals surface area contributed by atoms with Crippen LogP contribution >= 0.6 is 7.92 Å². The summed E-state index contributed by atoms with van der Waals surface area (Å²) < 4.78 is 0. The summed E-state index contributed by atoms with van der Waals surface area (Å²) in [6.07, 6.45) is 80.6. The molecule has 0 unspecified atom stereocenters. The van der Waals surface area contributed by atoms with Gasteiger partial charge in [-0.15, -0.1) is 7.92 Å². The molecule has 0 aromatic rings. The minimum absolute atomic E-state index is 0.300. The first-order valence-electron chi connectivity index (χ1n) is 29.9. The molecule has 0 radical (unpaired) electrons. The summed E-state index contributed by atoms with van der Waals surface area (Å²) in [5.41, 5.74) is 0.661. The molecule has 0 N–H and O–H groups in total. The van der Waals surface area contributed by atoms with Crippen molar-refractivity contribution in [1.82, 2.24) is 0 Å². The summed E-state index contributed by atoms with van der Waals surface area (Å²) in [5.74, 6) is 0. The number of unbranched alkanes of at least 4 members (excludes halogenated alkanes) is 41. The van der Waals surface area contributed by atoms with Gasteiger partial charge in [0.25, 0.3) is 0 Å². The lowest BCUT2D eigenvalue weighted by Gasteiger charge is -2.35. The second-order valence-corrected chi connectivity index (χ2v) is 23.9. The van der Waals surface area contributed by atoms with Crippen LogP contribution in [0.25, 0.3) is 0 Å². The largest absolute Gasteiger partial charge is 0.107 e. The Morgan fingerprint density at radius 2 is 0.328 bits per heavy atom. The average molecular weight is 876 g/mol. The van der Waals surface area contributed by atoms with Gasteiger partial charge >= 0.3 is 0 Å². The van der Waals surface area contributed by atoms with Gasteiger partial charge in [-0.1, -0.05) is 317 Å². The van der Waals surface area contributed by atoms with Gasteiger partial charge in [-0.2, -0.15) is 0 Å². The van der Waals surface area contributed by atoms with Crippen LogP contribution in [0.4, 0.5) is 0 Å². The summed E-state index contributed by atoms with van der Waals surface area (Å²) in [4.78, 5) is 0. The first kappa shape index (κ1) is 61.4. The lowest BCUT2D eigenvalue weighted by atomic mass is 9.70. The molecular weight excluding hydrogens is 752 g/mol. The molecule has 0 fully saturated rings. The van der Waals surface area contributed by atoms with Gasteiger partial charge in [0.1, 0.15) is 0 Å². The van der Waals surface area contributed by atoms with Crippen molar-refractivity contribution in [3.05, 3.63) is 0 Å². The molecule has 0 aliphatic carbocycles. The SMILES string of the molecule is CCCCCCCCCCP(CCCCCCCCCC)CCCCCCCCCC(CCCCCCCCCC)(CCCCCCCCCC)CCCCCCCCCC. The highest BCUT2D eigenvalue weighted by atomic mass is 31.1. The van der Waals surface area contributed by atoms with E-state index < -0.39 is 0 Å². The van der Waals surface area contributed by atoms with E-state index in [0.717, 1.165) is 0 Å². The van der Waals surface area contributed by atoms with Crippen molar-refractivity contribution in [2.45, 2.75) is 362 Å². The van der Waals surface area contributed by atoms with E-state index in [4.69, 9.17) is 0 Å². The molecule has 0 aliphatic rings. The molecule has 61 heavy (non-hydrogen) atoms. The van der Waals surface area contributed by atoms with Crippen molar-refractivity contribution in [3.63, 3.8) is 0 Å². The topological polar surface area (TPSA) is 0 Å². The van der Waals surface area contributed by atoms with Crippen molar-refractivity contribution in [1.29, 1.82) is 0 Å². The van der Waals surface area contributed by atoms with Crippen LogP contribution in [0.5, 0.6) is 0 Å². The monoisotopic (exact) mass is 875 g/mol. The van der Waals surface area contributed by atoms with Crippen molar-refractivity contribution in [3.8, 4) is 0 Å². The van der Waals surface area contributed by atoms with E-state index in [1.165, 1.54) is 295 Å². The molecule has 0 rings (SSSR count). The molecule has 0 saturated carbocycles. The van der Waals surface area contributed by atoms with E-state index in [-0.39, 0.29) is 0 Å². The third-order valence-electron chi connectivity index (χ3n) is 15.0. The van der Waals surface area contributed by atoms with E-state index in [1.54, 1.807) is 50.6 Å². The van der Waals surface area contributed by atoms with Crippen LogP contribution in [-0.4, -0.2) is 18.5 Å². The standard InChI is InChI=1S/C60H123P/c1-6-11-16-21-26-32-39-46-53-60(54-47-40-33-27-22-17-12-7-2,55-48-41-34-28-23-18-13-8-3)56-49-42-35-31-38-45-52-59-61(57-50-43-36-29-24-19-14-9-4)58-51-44-37-30-25-20-15-10-5/h6-59H2,1-5H3. The van der Waals surface area contributed by atoms with E-state index in [2.05, 4.69) is 34.6 Å². The van der Waals surface area contributed by atoms with Gasteiger partial charge < -0.3 is 0 Å². The number of rotatable bonds is 55. The zero-order valence-corrected chi connectivity index (χ0v) is 45.0. The molecule has 368 valence electrons. The van der Waals surface area contributed by atoms with Gasteiger partial charge in [-0.05, 0) is 68.8 Å². The lowest BCUT2D eigenvalue weighted by molar-refractivity contribution is 0.171. The third-order valence-corrected chi connectivity index (χ3v) is 17.9. The summed E-state index contributed by atoms with van der Waals surface area (Å²) >= 11 is 0. The van der Waals surface area contributed by atoms with Gasteiger partial charge in [0, 0.05) is 0 Å². The Morgan fingerprint density at radius 3 is 0.508 bits per heavy atom. The Labute approximate surface area is 392 Å². The fourth-order valence-corrected chi connectivity index (χ4v) is 13.3. The van der Waals surface area contributed by atoms with Crippen molar-refractivity contribution < 1.29 is 0 Å². The highest BCUT2D eigenvalue weighted by Crippen LogP contribution is 2.43. The highest BCUT2D eigenvalue weighted by molar-refractivity contribution is 7.57. The molecule has 0 amide bonds. The van der Waals surface area contributed by atoms with Gasteiger partial charge in [0.15, 0.2) is 0 Å². The maximum atomic E-state index is 2.35. The molecular formula is C60H123P. The molecule has 0 atom stereocenters. The Hall–Kier alpha value is 0.430. The minimum atomic E-state index is 0.300.